The number of hydrogen-bond acceptors (Lipinski definition) is 4. The number of ether oxygens (including phenoxy) is 2. The third kappa shape index (κ3) is 2.35. The highest BCUT2D eigenvalue weighted by atomic mass is 16.5. The number of rotatable bonds is 5. The van der Waals surface area contributed by atoms with Gasteiger partial charge in [-0.3, -0.25) is 9.59 Å². The number of ketones is 1. The summed E-state index contributed by atoms with van der Waals surface area (Å²) >= 11 is 0. The third-order valence-electron chi connectivity index (χ3n) is 3.99. The molecular formula is C17H20O4. The van der Waals surface area contributed by atoms with E-state index in [1.165, 1.54) is 20.3 Å². The van der Waals surface area contributed by atoms with Gasteiger partial charge in [-0.15, -0.1) is 0 Å². The van der Waals surface area contributed by atoms with E-state index in [-0.39, 0.29) is 11.8 Å². The minimum absolute atomic E-state index is 0.140. The van der Waals surface area contributed by atoms with Crippen LogP contribution in [0.1, 0.15) is 42.1 Å². The normalized spacial score (nSPS) is 20.5. The molecule has 0 saturated carbocycles. The van der Waals surface area contributed by atoms with Crippen LogP contribution >= 0.6 is 0 Å². The fourth-order valence-corrected chi connectivity index (χ4v) is 2.94. The Labute approximate surface area is 124 Å². The summed E-state index contributed by atoms with van der Waals surface area (Å²) in [4.78, 5) is 24.8. The van der Waals surface area contributed by atoms with Crippen LogP contribution in [0.4, 0.5) is 0 Å². The summed E-state index contributed by atoms with van der Waals surface area (Å²) in [6.45, 7) is 2.06. The Balaban J connectivity index is 2.70. The average Bonchev–Trinajstić information content (AvgIpc) is 2.53. The summed E-state index contributed by atoms with van der Waals surface area (Å²) in [5.74, 6) is -0.158. The van der Waals surface area contributed by atoms with E-state index >= 15 is 0 Å². The molecule has 0 fully saturated rings. The fourth-order valence-electron chi connectivity index (χ4n) is 2.94. The standard InChI is InChI=1S/C17H20O4/c1-4-5-10-17(16(19)21-3)13-9-7-6-8-12(13)14(18)11-15(17)20-2/h6-9,11H,4-5,10H2,1-3H3. The Morgan fingerprint density at radius 2 is 1.95 bits per heavy atom. The number of methoxy groups -OCH3 is 2. The van der Waals surface area contributed by atoms with Gasteiger partial charge in [-0.25, -0.2) is 0 Å². The predicted octanol–water partition coefficient (Wildman–Crippen LogP) is 3.01. The zero-order valence-electron chi connectivity index (χ0n) is 12.6. The molecule has 0 bridgehead atoms. The lowest BCUT2D eigenvalue weighted by atomic mass is 9.69. The number of esters is 1. The third-order valence-corrected chi connectivity index (χ3v) is 3.99. The summed E-state index contributed by atoms with van der Waals surface area (Å²) in [6, 6.07) is 7.18. The highest BCUT2D eigenvalue weighted by Crippen LogP contribution is 2.43. The number of benzene rings is 1. The smallest absolute Gasteiger partial charge is 0.324 e. The molecule has 0 radical (unpaired) electrons. The van der Waals surface area contributed by atoms with Crippen molar-refractivity contribution >= 4 is 11.8 Å². The van der Waals surface area contributed by atoms with Gasteiger partial charge in [0.1, 0.15) is 5.76 Å². The summed E-state index contributed by atoms with van der Waals surface area (Å²) in [5, 5.41) is 0. The van der Waals surface area contributed by atoms with Crippen molar-refractivity contribution < 1.29 is 19.1 Å². The lowest BCUT2D eigenvalue weighted by Crippen LogP contribution is -2.43. The van der Waals surface area contributed by atoms with E-state index < -0.39 is 5.41 Å². The van der Waals surface area contributed by atoms with Gasteiger partial charge in [0.05, 0.1) is 14.2 Å². The number of carbonyl (C=O) groups is 2. The molecule has 4 nitrogen and oxygen atoms in total. The molecule has 1 atom stereocenters. The van der Waals surface area contributed by atoms with Crippen LogP contribution < -0.4 is 0 Å². The minimum Gasteiger partial charge on any atom is -0.499 e. The van der Waals surface area contributed by atoms with E-state index in [1.54, 1.807) is 12.1 Å². The van der Waals surface area contributed by atoms with Gasteiger partial charge in [0.25, 0.3) is 0 Å². The SMILES string of the molecule is CCCCC1(C(=O)OC)C(OC)=CC(=O)c2ccccc21. The minimum atomic E-state index is -1.02. The second-order valence-corrected chi connectivity index (χ2v) is 5.12. The van der Waals surface area contributed by atoms with Crippen molar-refractivity contribution in [2.45, 2.75) is 31.6 Å². The van der Waals surface area contributed by atoms with Gasteiger partial charge in [0.2, 0.25) is 0 Å². The Morgan fingerprint density at radius 3 is 2.57 bits per heavy atom. The first-order chi connectivity index (χ1) is 10.1. The Hall–Kier alpha value is -2.10. The van der Waals surface area contributed by atoms with E-state index in [2.05, 4.69) is 6.92 Å². The van der Waals surface area contributed by atoms with Crippen molar-refractivity contribution in [2.75, 3.05) is 14.2 Å². The van der Waals surface area contributed by atoms with Crippen LogP contribution in [0.5, 0.6) is 0 Å². The quantitative estimate of drug-likeness (QED) is 0.782. The molecule has 1 aromatic rings. The molecule has 1 aliphatic carbocycles. The zero-order chi connectivity index (χ0) is 15.5. The molecule has 0 spiro atoms. The molecule has 21 heavy (non-hydrogen) atoms. The van der Waals surface area contributed by atoms with E-state index in [1.807, 2.05) is 12.1 Å². The van der Waals surface area contributed by atoms with Crippen LogP contribution in [0.3, 0.4) is 0 Å². The molecule has 0 aliphatic heterocycles. The van der Waals surface area contributed by atoms with Crippen molar-refractivity contribution in [1.29, 1.82) is 0 Å². The number of fused-ring (bicyclic) bond motifs is 1. The predicted molar refractivity (Wildman–Crippen MR) is 79.1 cm³/mol. The molecule has 2 rings (SSSR count). The molecular weight excluding hydrogens is 268 g/mol. The number of allylic oxidation sites excluding steroid dienone is 1. The number of hydrogen-bond donors (Lipinski definition) is 0. The molecule has 1 aromatic carbocycles. The Bertz CT molecular complexity index is 588. The largest absolute Gasteiger partial charge is 0.499 e. The molecule has 112 valence electrons. The molecule has 0 heterocycles. The molecule has 0 N–H and O–H groups in total. The first kappa shape index (κ1) is 15.3. The van der Waals surface area contributed by atoms with Crippen molar-refractivity contribution in [3.63, 3.8) is 0 Å². The molecule has 1 unspecified atom stereocenters. The molecule has 0 amide bonds. The van der Waals surface area contributed by atoms with Gasteiger partial charge in [-0.1, -0.05) is 44.0 Å². The number of carbonyl (C=O) groups excluding carboxylic acids is 2. The van der Waals surface area contributed by atoms with Crippen molar-refractivity contribution in [3.8, 4) is 0 Å². The van der Waals surface area contributed by atoms with Crippen molar-refractivity contribution in [2.24, 2.45) is 0 Å². The molecule has 1 aliphatic rings. The molecule has 0 aromatic heterocycles. The van der Waals surface area contributed by atoms with E-state index in [0.717, 1.165) is 12.8 Å². The first-order valence-corrected chi connectivity index (χ1v) is 7.10. The van der Waals surface area contributed by atoms with Crippen LogP contribution in [0.15, 0.2) is 36.1 Å². The maximum Gasteiger partial charge on any atom is 0.324 e. The topological polar surface area (TPSA) is 52.6 Å². The van der Waals surface area contributed by atoms with Gasteiger partial charge in [0.15, 0.2) is 11.2 Å². The fraction of sp³-hybridized carbons (Fsp3) is 0.412. The van der Waals surface area contributed by atoms with Gasteiger partial charge in [-0.2, -0.15) is 0 Å². The second kappa shape index (κ2) is 6.12. The van der Waals surface area contributed by atoms with E-state index in [0.29, 0.717) is 23.3 Å². The maximum absolute atomic E-state index is 12.6. The second-order valence-electron chi connectivity index (χ2n) is 5.12. The maximum atomic E-state index is 12.6. The van der Waals surface area contributed by atoms with Gasteiger partial charge in [-0.05, 0) is 12.0 Å². The van der Waals surface area contributed by atoms with Crippen LogP contribution in [-0.2, 0) is 19.7 Å². The van der Waals surface area contributed by atoms with E-state index in [9.17, 15) is 9.59 Å². The monoisotopic (exact) mass is 288 g/mol. The van der Waals surface area contributed by atoms with Gasteiger partial charge >= 0.3 is 5.97 Å². The van der Waals surface area contributed by atoms with Crippen LogP contribution in [0, 0.1) is 0 Å². The van der Waals surface area contributed by atoms with Crippen molar-refractivity contribution in [1.82, 2.24) is 0 Å². The van der Waals surface area contributed by atoms with Crippen LogP contribution in [-0.4, -0.2) is 26.0 Å². The summed E-state index contributed by atoms with van der Waals surface area (Å²) in [6.07, 6.45) is 3.74. The van der Waals surface area contributed by atoms with Gasteiger partial charge < -0.3 is 9.47 Å². The average molecular weight is 288 g/mol. The molecule has 0 saturated heterocycles. The van der Waals surface area contributed by atoms with E-state index in [4.69, 9.17) is 9.47 Å². The first-order valence-electron chi connectivity index (χ1n) is 7.10. The lowest BCUT2D eigenvalue weighted by Gasteiger charge is -2.36. The van der Waals surface area contributed by atoms with Gasteiger partial charge in [0, 0.05) is 11.6 Å². The highest BCUT2D eigenvalue weighted by Gasteiger charge is 2.50. The molecule has 4 heteroatoms. The Kier molecular flexibility index (Phi) is 4.46. The van der Waals surface area contributed by atoms with Crippen LogP contribution in [0.25, 0.3) is 0 Å². The highest BCUT2D eigenvalue weighted by molar-refractivity contribution is 6.10. The Morgan fingerprint density at radius 1 is 1.24 bits per heavy atom. The lowest BCUT2D eigenvalue weighted by molar-refractivity contribution is -0.147. The van der Waals surface area contributed by atoms with Crippen molar-refractivity contribution in [3.05, 3.63) is 47.2 Å². The summed E-state index contributed by atoms with van der Waals surface area (Å²) in [5.41, 5.74) is 0.193. The number of unbranched alkanes of at least 4 members (excludes halogenated alkanes) is 1. The summed E-state index contributed by atoms with van der Waals surface area (Å²) in [7, 11) is 2.85. The van der Waals surface area contributed by atoms with Crippen LogP contribution in [0.2, 0.25) is 0 Å². The summed E-state index contributed by atoms with van der Waals surface area (Å²) < 4.78 is 10.4. The zero-order valence-corrected chi connectivity index (χ0v) is 12.6.